The van der Waals surface area contributed by atoms with Crippen molar-refractivity contribution in [3.63, 3.8) is 0 Å². The molecule has 0 aliphatic heterocycles. The van der Waals surface area contributed by atoms with Crippen LogP contribution in [0.3, 0.4) is 0 Å². The number of amides is 1. The highest BCUT2D eigenvalue weighted by atomic mass is 35.5. The van der Waals surface area contributed by atoms with Gasteiger partial charge in [0.1, 0.15) is 0 Å². The average molecular weight is 377 g/mol. The van der Waals surface area contributed by atoms with Crippen LogP contribution in [0.1, 0.15) is 5.56 Å². The second-order valence-corrected chi connectivity index (χ2v) is 7.01. The van der Waals surface area contributed by atoms with Crippen LogP contribution in [0, 0.1) is 6.92 Å². The third kappa shape index (κ3) is 3.83. The number of nitrogens with zero attached hydrogens (tertiary/aromatic N) is 1. The second kappa shape index (κ2) is 7.43. The number of rotatable bonds is 4. The third-order valence-corrected chi connectivity index (χ3v) is 5.21. The van der Waals surface area contributed by atoms with E-state index in [1.807, 2.05) is 37.3 Å². The first kappa shape index (κ1) is 17.1. The molecule has 2 aromatic carbocycles. The van der Waals surface area contributed by atoms with E-state index in [-0.39, 0.29) is 11.7 Å². The van der Waals surface area contributed by atoms with E-state index in [2.05, 4.69) is 10.3 Å². The van der Waals surface area contributed by atoms with Crippen molar-refractivity contribution in [2.75, 3.05) is 11.1 Å². The number of para-hydroxylation sites is 1. The fourth-order valence-electron chi connectivity index (χ4n) is 2.32. The molecule has 3 nitrogen and oxygen atoms in total. The first-order valence-electron chi connectivity index (χ1n) is 7.27. The highest BCUT2D eigenvalue weighted by molar-refractivity contribution is 7.99. The van der Waals surface area contributed by atoms with Gasteiger partial charge in [-0.3, -0.25) is 4.79 Å². The molecule has 0 atom stereocenters. The summed E-state index contributed by atoms with van der Waals surface area (Å²) in [5.41, 5.74) is 2.58. The minimum Gasteiger partial charge on any atom is -0.324 e. The summed E-state index contributed by atoms with van der Waals surface area (Å²) < 4.78 is 0. The first-order chi connectivity index (χ1) is 11.5. The Morgan fingerprint density at radius 3 is 2.79 bits per heavy atom. The zero-order valence-electron chi connectivity index (χ0n) is 12.8. The molecule has 1 N–H and O–H groups in total. The molecule has 1 heterocycles. The zero-order valence-corrected chi connectivity index (χ0v) is 15.2. The summed E-state index contributed by atoms with van der Waals surface area (Å²) in [6.07, 6.45) is 0. The van der Waals surface area contributed by atoms with Gasteiger partial charge >= 0.3 is 0 Å². The maximum Gasteiger partial charge on any atom is 0.234 e. The number of benzene rings is 2. The van der Waals surface area contributed by atoms with Crippen LogP contribution < -0.4 is 5.32 Å². The Balaban J connectivity index is 1.69. The van der Waals surface area contributed by atoms with Crippen molar-refractivity contribution >= 4 is 57.5 Å². The Labute approximate surface area is 154 Å². The van der Waals surface area contributed by atoms with Crippen LogP contribution in [-0.4, -0.2) is 16.6 Å². The van der Waals surface area contributed by atoms with E-state index < -0.39 is 0 Å². The molecule has 0 fully saturated rings. The number of hydrogen-bond donors (Lipinski definition) is 1. The number of aromatic nitrogens is 1. The Bertz CT molecular complexity index is 915. The molecule has 0 unspecified atom stereocenters. The van der Waals surface area contributed by atoms with Crippen LogP contribution in [-0.2, 0) is 4.79 Å². The number of fused-ring (bicyclic) bond motifs is 1. The number of halogens is 2. The Morgan fingerprint density at radius 1 is 1.17 bits per heavy atom. The smallest absolute Gasteiger partial charge is 0.234 e. The molecule has 0 bridgehead atoms. The summed E-state index contributed by atoms with van der Waals surface area (Å²) in [6.45, 7) is 2.04. The number of thioether (sulfide) groups is 1. The molecule has 0 radical (unpaired) electrons. The molecule has 6 heteroatoms. The minimum absolute atomic E-state index is 0.156. The van der Waals surface area contributed by atoms with Gasteiger partial charge in [-0.15, -0.1) is 0 Å². The van der Waals surface area contributed by atoms with Gasteiger partial charge in [0.25, 0.3) is 0 Å². The molecule has 0 saturated carbocycles. The third-order valence-electron chi connectivity index (χ3n) is 3.48. The molecule has 24 heavy (non-hydrogen) atoms. The van der Waals surface area contributed by atoms with Crippen molar-refractivity contribution < 1.29 is 4.79 Å². The number of aryl methyl sites for hydroxylation is 1. The Morgan fingerprint density at radius 2 is 1.96 bits per heavy atom. The molecular formula is C18H14Cl2N2OS. The quantitative estimate of drug-likeness (QED) is 0.604. The van der Waals surface area contributed by atoms with E-state index in [9.17, 15) is 4.79 Å². The highest BCUT2D eigenvalue weighted by Gasteiger charge is 2.10. The van der Waals surface area contributed by atoms with Gasteiger partial charge in [-0.25, -0.2) is 4.98 Å². The van der Waals surface area contributed by atoms with E-state index in [1.165, 1.54) is 11.8 Å². The van der Waals surface area contributed by atoms with Crippen molar-refractivity contribution in [3.05, 3.63) is 64.1 Å². The number of anilines is 1. The number of hydrogen-bond acceptors (Lipinski definition) is 3. The number of nitrogens with one attached hydrogen (secondary N) is 1. The van der Waals surface area contributed by atoms with Gasteiger partial charge in [0.15, 0.2) is 0 Å². The summed E-state index contributed by atoms with van der Waals surface area (Å²) in [6, 6.07) is 15.1. The lowest BCUT2D eigenvalue weighted by Crippen LogP contribution is -2.14. The summed E-state index contributed by atoms with van der Waals surface area (Å²) in [4.78, 5) is 16.7. The van der Waals surface area contributed by atoms with Crippen LogP contribution in [0.5, 0.6) is 0 Å². The van der Waals surface area contributed by atoms with E-state index >= 15 is 0 Å². The first-order valence-corrected chi connectivity index (χ1v) is 9.02. The molecule has 1 aromatic heterocycles. The van der Waals surface area contributed by atoms with Crippen molar-refractivity contribution in [2.24, 2.45) is 0 Å². The summed E-state index contributed by atoms with van der Waals surface area (Å²) in [5, 5.41) is 5.47. The van der Waals surface area contributed by atoms with E-state index in [0.717, 1.165) is 21.5 Å². The normalized spacial score (nSPS) is 10.8. The number of pyridine rings is 1. The van der Waals surface area contributed by atoms with Gasteiger partial charge in [-0.2, -0.15) is 0 Å². The fourth-order valence-corrected chi connectivity index (χ4v) is 3.44. The molecule has 0 aliphatic rings. The van der Waals surface area contributed by atoms with Gasteiger partial charge in [0.05, 0.1) is 32.0 Å². The molecule has 0 saturated heterocycles. The molecule has 0 aliphatic carbocycles. The minimum atomic E-state index is -0.156. The van der Waals surface area contributed by atoms with Crippen LogP contribution in [0.25, 0.3) is 10.9 Å². The molecule has 1 amide bonds. The summed E-state index contributed by atoms with van der Waals surface area (Å²) in [5.74, 6) is 0.0879. The molecule has 0 spiro atoms. The van der Waals surface area contributed by atoms with Gasteiger partial charge < -0.3 is 5.32 Å². The fraction of sp³-hybridized carbons (Fsp3) is 0.111. The predicted octanol–water partition coefficient (Wildman–Crippen LogP) is 5.58. The average Bonchev–Trinajstić information content (AvgIpc) is 2.57. The monoisotopic (exact) mass is 376 g/mol. The maximum atomic E-state index is 12.1. The van der Waals surface area contributed by atoms with Crippen molar-refractivity contribution in [1.29, 1.82) is 0 Å². The highest BCUT2D eigenvalue weighted by Crippen LogP contribution is 2.30. The summed E-state index contributed by atoms with van der Waals surface area (Å²) >= 11 is 13.4. The predicted molar refractivity (Wildman–Crippen MR) is 102 cm³/mol. The second-order valence-electron chi connectivity index (χ2n) is 5.23. The van der Waals surface area contributed by atoms with E-state index in [1.54, 1.807) is 18.2 Å². The molecule has 122 valence electrons. The molecule has 3 rings (SSSR count). The van der Waals surface area contributed by atoms with Crippen molar-refractivity contribution in [3.8, 4) is 0 Å². The van der Waals surface area contributed by atoms with Gasteiger partial charge in [-0.1, -0.05) is 59.2 Å². The molecular weight excluding hydrogens is 363 g/mol. The number of carbonyl (C=O) groups is 1. The standard InChI is InChI=1S/C18H14Cl2N2OS/c1-11-9-17(22-14-7-3-2-5-12(11)14)24-10-16(23)21-15-8-4-6-13(19)18(15)20/h2-9H,10H2,1H3,(H,21,23). The van der Waals surface area contributed by atoms with Crippen molar-refractivity contribution in [2.45, 2.75) is 11.9 Å². The van der Waals surface area contributed by atoms with Gasteiger partial charge in [-0.05, 0) is 36.8 Å². The van der Waals surface area contributed by atoms with E-state index in [4.69, 9.17) is 23.2 Å². The largest absolute Gasteiger partial charge is 0.324 e. The Kier molecular flexibility index (Phi) is 5.29. The van der Waals surface area contributed by atoms with Gasteiger partial charge in [0.2, 0.25) is 5.91 Å². The lowest BCUT2D eigenvalue weighted by molar-refractivity contribution is -0.113. The van der Waals surface area contributed by atoms with Crippen LogP contribution in [0.2, 0.25) is 10.0 Å². The van der Waals surface area contributed by atoms with Crippen LogP contribution in [0.4, 0.5) is 5.69 Å². The molecule has 3 aromatic rings. The van der Waals surface area contributed by atoms with Crippen LogP contribution >= 0.6 is 35.0 Å². The van der Waals surface area contributed by atoms with Gasteiger partial charge in [0, 0.05) is 5.39 Å². The lowest BCUT2D eigenvalue weighted by atomic mass is 10.1. The maximum absolute atomic E-state index is 12.1. The SMILES string of the molecule is Cc1cc(SCC(=O)Nc2cccc(Cl)c2Cl)nc2ccccc12. The lowest BCUT2D eigenvalue weighted by Gasteiger charge is -2.09. The summed E-state index contributed by atoms with van der Waals surface area (Å²) in [7, 11) is 0. The van der Waals surface area contributed by atoms with Crippen LogP contribution in [0.15, 0.2) is 53.6 Å². The zero-order chi connectivity index (χ0) is 17.1. The number of carbonyl (C=O) groups excluding carboxylic acids is 1. The van der Waals surface area contributed by atoms with E-state index in [0.29, 0.717) is 15.7 Å². The topological polar surface area (TPSA) is 42.0 Å². The Hall–Kier alpha value is -1.75. The van der Waals surface area contributed by atoms with Crippen molar-refractivity contribution in [1.82, 2.24) is 4.98 Å².